The minimum Gasteiger partial charge on any atom is -0.354 e. The summed E-state index contributed by atoms with van der Waals surface area (Å²) < 4.78 is 37.4. The highest BCUT2D eigenvalue weighted by Gasteiger charge is 2.31. The van der Waals surface area contributed by atoms with Crippen molar-refractivity contribution in [2.24, 2.45) is 5.73 Å². The lowest BCUT2D eigenvalue weighted by Gasteiger charge is -2.38. The normalized spacial score (nSPS) is 19.1. The molecular weight excluding hydrogens is 269 g/mol. The first-order chi connectivity index (χ1) is 9.41. The van der Waals surface area contributed by atoms with Crippen LogP contribution in [0.5, 0.6) is 0 Å². The lowest BCUT2D eigenvalue weighted by atomic mass is 10.2. The number of nitrogens with two attached hydrogens (primary N) is 1. The van der Waals surface area contributed by atoms with Crippen LogP contribution in [0.25, 0.3) is 0 Å². The fourth-order valence-corrected chi connectivity index (χ4v) is 2.28. The van der Waals surface area contributed by atoms with E-state index < -0.39 is 11.7 Å². The Labute approximate surface area is 116 Å². The van der Waals surface area contributed by atoms with Crippen LogP contribution in [0.3, 0.4) is 0 Å². The Hall–Kier alpha value is -1.34. The molecule has 2 heterocycles. The van der Waals surface area contributed by atoms with E-state index in [2.05, 4.69) is 16.8 Å². The van der Waals surface area contributed by atoms with Gasteiger partial charge in [-0.1, -0.05) is 0 Å². The molecule has 1 aliphatic heterocycles. The fourth-order valence-electron chi connectivity index (χ4n) is 2.28. The number of alkyl halides is 3. The van der Waals surface area contributed by atoms with Gasteiger partial charge in [0.25, 0.3) is 0 Å². The lowest BCUT2D eigenvalue weighted by Crippen LogP contribution is -2.51. The van der Waals surface area contributed by atoms with Gasteiger partial charge in [0.1, 0.15) is 5.82 Å². The number of anilines is 1. The van der Waals surface area contributed by atoms with Gasteiger partial charge in [-0.3, -0.25) is 4.90 Å². The Morgan fingerprint density at radius 3 is 2.35 bits per heavy atom. The van der Waals surface area contributed by atoms with Crippen LogP contribution >= 0.6 is 0 Å². The maximum Gasteiger partial charge on any atom is 0.417 e. The summed E-state index contributed by atoms with van der Waals surface area (Å²) in [7, 11) is 0. The van der Waals surface area contributed by atoms with E-state index in [0.29, 0.717) is 18.4 Å². The Balaban J connectivity index is 1.97. The first-order valence-corrected chi connectivity index (χ1v) is 6.64. The molecule has 1 aliphatic rings. The van der Waals surface area contributed by atoms with Crippen molar-refractivity contribution in [2.75, 3.05) is 37.6 Å². The molecule has 1 aromatic heterocycles. The van der Waals surface area contributed by atoms with E-state index in [4.69, 9.17) is 5.73 Å². The number of pyridine rings is 1. The molecule has 2 rings (SSSR count). The lowest BCUT2D eigenvalue weighted by molar-refractivity contribution is -0.137. The first-order valence-electron chi connectivity index (χ1n) is 6.64. The number of nitrogens with zero attached hydrogens (tertiary/aromatic N) is 3. The van der Waals surface area contributed by atoms with E-state index in [0.717, 1.165) is 38.4 Å². The van der Waals surface area contributed by atoms with Crippen LogP contribution in [0.2, 0.25) is 0 Å². The summed E-state index contributed by atoms with van der Waals surface area (Å²) in [6.45, 7) is 5.89. The van der Waals surface area contributed by atoms with E-state index in [1.165, 1.54) is 6.07 Å². The van der Waals surface area contributed by atoms with Crippen LogP contribution in [0, 0.1) is 0 Å². The Bertz CT molecular complexity index is 424. The van der Waals surface area contributed by atoms with Gasteiger partial charge in [0.2, 0.25) is 0 Å². The molecule has 112 valence electrons. The van der Waals surface area contributed by atoms with Gasteiger partial charge in [-0.15, -0.1) is 0 Å². The molecule has 0 radical (unpaired) electrons. The standard InChI is InChI=1S/C13H19F3N4/c1-10(8-17)19-4-6-20(7-5-19)12-3-2-11(9-18-12)13(14,15)16/h2-3,9-10H,4-8,17H2,1H3. The van der Waals surface area contributed by atoms with E-state index in [-0.39, 0.29) is 0 Å². The molecule has 0 bridgehead atoms. The summed E-state index contributed by atoms with van der Waals surface area (Å²) in [5, 5.41) is 0. The largest absolute Gasteiger partial charge is 0.417 e. The molecule has 0 amide bonds. The molecule has 0 aromatic carbocycles. The van der Waals surface area contributed by atoms with Gasteiger partial charge in [0, 0.05) is 45.0 Å². The Kier molecular flexibility index (Phi) is 4.49. The maximum absolute atomic E-state index is 12.5. The zero-order valence-corrected chi connectivity index (χ0v) is 11.4. The van der Waals surface area contributed by atoms with Crippen LogP contribution < -0.4 is 10.6 Å². The van der Waals surface area contributed by atoms with Crippen molar-refractivity contribution in [1.82, 2.24) is 9.88 Å². The topological polar surface area (TPSA) is 45.4 Å². The molecule has 1 unspecified atom stereocenters. The predicted molar refractivity (Wildman–Crippen MR) is 71.5 cm³/mol. The Morgan fingerprint density at radius 2 is 1.90 bits per heavy atom. The van der Waals surface area contributed by atoms with Crippen molar-refractivity contribution in [3.05, 3.63) is 23.9 Å². The second-order valence-corrected chi connectivity index (χ2v) is 5.01. The zero-order chi connectivity index (χ0) is 14.8. The summed E-state index contributed by atoms with van der Waals surface area (Å²) >= 11 is 0. The third-order valence-electron chi connectivity index (χ3n) is 3.68. The second-order valence-electron chi connectivity index (χ2n) is 5.01. The quantitative estimate of drug-likeness (QED) is 0.917. The van der Waals surface area contributed by atoms with Gasteiger partial charge in [-0.2, -0.15) is 13.2 Å². The highest BCUT2D eigenvalue weighted by molar-refractivity contribution is 5.40. The zero-order valence-electron chi connectivity index (χ0n) is 11.4. The molecule has 7 heteroatoms. The van der Waals surface area contributed by atoms with Gasteiger partial charge in [0.15, 0.2) is 0 Å². The predicted octanol–water partition coefficient (Wildman–Crippen LogP) is 1.57. The van der Waals surface area contributed by atoms with Crippen molar-refractivity contribution in [1.29, 1.82) is 0 Å². The van der Waals surface area contributed by atoms with Crippen molar-refractivity contribution in [2.45, 2.75) is 19.1 Å². The summed E-state index contributed by atoms with van der Waals surface area (Å²) in [6.07, 6.45) is -3.44. The number of piperazine rings is 1. The molecule has 20 heavy (non-hydrogen) atoms. The Morgan fingerprint density at radius 1 is 1.25 bits per heavy atom. The molecule has 1 atom stereocenters. The van der Waals surface area contributed by atoms with Crippen LogP contribution in [0.4, 0.5) is 19.0 Å². The summed E-state index contributed by atoms with van der Waals surface area (Å²) in [5.41, 5.74) is 4.92. The van der Waals surface area contributed by atoms with Gasteiger partial charge < -0.3 is 10.6 Å². The van der Waals surface area contributed by atoms with Crippen LogP contribution in [0.1, 0.15) is 12.5 Å². The summed E-state index contributed by atoms with van der Waals surface area (Å²) in [4.78, 5) is 8.20. The van der Waals surface area contributed by atoms with E-state index >= 15 is 0 Å². The SMILES string of the molecule is CC(CN)N1CCN(c2ccc(C(F)(F)F)cn2)CC1. The first kappa shape index (κ1) is 15.1. The average molecular weight is 288 g/mol. The van der Waals surface area contributed by atoms with Crippen LogP contribution in [-0.2, 0) is 6.18 Å². The highest BCUT2D eigenvalue weighted by atomic mass is 19.4. The smallest absolute Gasteiger partial charge is 0.354 e. The molecule has 1 fully saturated rings. The van der Waals surface area contributed by atoms with Crippen molar-refractivity contribution in [3.8, 4) is 0 Å². The third-order valence-corrected chi connectivity index (χ3v) is 3.68. The van der Waals surface area contributed by atoms with Gasteiger partial charge in [-0.25, -0.2) is 4.98 Å². The third kappa shape index (κ3) is 3.40. The molecule has 0 spiro atoms. The average Bonchev–Trinajstić information content (AvgIpc) is 2.46. The minimum absolute atomic E-state index is 0.331. The second kappa shape index (κ2) is 5.97. The number of rotatable bonds is 3. The molecule has 0 saturated carbocycles. The van der Waals surface area contributed by atoms with Crippen LogP contribution in [0.15, 0.2) is 18.3 Å². The molecule has 1 aromatic rings. The minimum atomic E-state index is -4.33. The molecule has 4 nitrogen and oxygen atoms in total. The molecular formula is C13H19F3N4. The monoisotopic (exact) mass is 288 g/mol. The van der Waals surface area contributed by atoms with Gasteiger partial charge in [0.05, 0.1) is 5.56 Å². The van der Waals surface area contributed by atoms with Crippen LogP contribution in [-0.4, -0.2) is 48.6 Å². The number of hydrogen-bond acceptors (Lipinski definition) is 4. The number of halogens is 3. The summed E-state index contributed by atoms with van der Waals surface area (Å²) in [6, 6.07) is 2.85. The van der Waals surface area contributed by atoms with Gasteiger partial charge in [-0.05, 0) is 19.1 Å². The maximum atomic E-state index is 12.5. The molecule has 1 saturated heterocycles. The highest BCUT2D eigenvalue weighted by Crippen LogP contribution is 2.29. The summed E-state index contributed by atoms with van der Waals surface area (Å²) in [5.74, 6) is 0.595. The fraction of sp³-hybridized carbons (Fsp3) is 0.615. The van der Waals surface area contributed by atoms with E-state index in [1.807, 2.05) is 4.90 Å². The number of hydrogen-bond donors (Lipinski definition) is 1. The van der Waals surface area contributed by atoms with E-state index in [9.17, 15) is 13.2 Å². The van der Waals surface area contributed by atoms with Crippen molar-refractivity contribution in [3.63, 3.8) is 0 Å². The van der Waals surface area contributed by atoms with Gasteiger partial charge >= 0.3 is 6.18 Å². The number of aromatic nitrogens is 1. The molecule has 2 N–H and O–H groups in total. The van der Waals surface area contributed by atoms with E-state index in [1.54, 1.807) is 0 Å². The van der Waals surface area contributed by atoms with Crippen molar-refractivity contribution < 1.29 is 13.2 Å². The molecule has 0 aliphatic carbocycles. The van der Waals surface area contributed by atoms with Crippen molar-refractivity contribution >= 4 is 5.82 Å².